The van der Waals surface area contributed by atoms with Crippen molar-refractivity contribution in [3.8, 4) is 23.1 Å². The summed E-state index contributed by atoms with van der Waals surface area (Å²) < 4.78 is 11.1. The third-order valence-corrected chi connectivity index (χ3v) is 3.76. The highest BCUT2D eigenvalue weighted by molar-refractivity contribution is 6.09. The van der Waals surface area contributed by atoms with E-state index in [1.54, 1.807) is 36.4 Å². The van der Waals surface area contributed by atoms with Gasteiger partial charge < -0.3 is 14.5 Å². The molecule has 0 unspecified atom stereocenters. The molecule has 1 heterocycles. The lowest BCUT2D eigenvalue weighted by Gasteiger charge is -2.06. The number of hydrogen-bond donors (Lipinski definition) is 1. The van der Waals surface area contributed by atoms with E-state index in [-0.39, 0.29) is 5.57 Å². The molecule has 0 saturated heterocycles. The van der Waals surface area contributed by atoms with Gasteiger partial charge in [0.1, 0.15) is 28.9 Å². The van der Waals surface area contributed by atoms with E-state index in [0.29, 0.717) is 23.8 Å². The molecule has 0 bridgehead atoms. The number of benzene rings is 2. The zero-order valence-electron chi connectivity index (χ0n) is 14.8. The minimum Gasteiger partial charge on any atom is -0.494 e. The van der Waals surface area contributed by atoms with Crippen molar-refractivity contribution in [3.63, 3.8) is 0 Å². The quantitative estimate of drug-likeness (QED) is 0.503. The van der Waals surface area contributed by atoms with Crippen LogP contribution in [-0.2, 0) is 4.79 Å². The lowest BCUT2D eigenvalue weighted by molar-refractivity contribution is -0.112. The Labute approximate surface area is 157 Å². The molecular formula is C22H18N2O3. The van der Waals surface area contributed by atoms with Gasteiger partial charge in [-0.3, -0.25) is 4.79 Å². The molecule has 0 fully saturated rings. The maximum absolute atomic E-state index is 12.4. The van der Waals surface area contributed by atoms with Crippen molar-refractivity contribution in [1.29, 1.82) is 5.26 Å². The molecular weight excluding hydrogens is 340 g/mol. The topological polar surface area (TPSA) is 75.3 Å². The molecule has 0 saturated carbocycles. The van der Waals surface area contributed by atoms with Crippen molar-refractivity contribution in [3.05, 3.63) is 78.1 Å². The van der Waals surface area contributed by atoms with E-state index in [1.165, 1.54) is 6.08 Å². The Hall–Kier alpha value is -3.78. The molecule has 3 rings (SSSR count). The van der Waals surface area contributed by atoms with Crippen LogP contribution in [0.15, 0.2) is 76.7 Å². The normalized spacial score (nSPS) is 10.9. The summed E-state index contributed by atoms with van der Waals surface area (Å²) in [6.07, 6.45) is 1.43. The van der Waals surface area contributed by atoms with Crippen LogP contribution in [0.4, 0.5) is 5.69 Å². The van der Waals surface area contributed by atoms with Crippen molar-refractivity contribution in [2.45, 2.75) is 6.92 Å². The van der Waals surface area contributed by atoms with Crippen molar-refractivity contribution >= 4 is 17.7 Å². The molecule has 2 aromatic carbocycles. The van der Waals surface area contributed by atoms with Crippen LogP contribution in [-0.4, -0.2) is 12.5 Å². The molecule has 0 aliphatic heterocycles. The minimum absolute atomic E-state index is 0.0437. The molecule has 1 aromatic heterocycles. The van der Waals surface area contributed by atoms with Crippen molar-refractivity contribution in [2.75, 3.05) is 11.9 Å². The largest absolute Gasteiger partial charge is 0.494 e. The van der Waals surface area contributed by atoms with E-state index in [1.807, 2.05) is 43.3 Å². The van der Waals surface area contributed by atoms with Gasteiger partial charge in [0.15, 0.2) is 0 Å². The van der Waals surface area contributed by atoms with E-state index >= 15 is 0 Å². The smallest absolute Gasteiger partial charge is 0.266 e. The average Bonchev–Trinajstić information content (AvgIpc) is 3.17. The molecule has 0 aliphatic rings. The van der Waals surface area contributed by atoms with Crippen LogP contribution in [0.3, 0.4) is 0 Å². The molecule has 1 N–H and O–H groups in total. The molecule has 1 amide bonds. The zero-order valence-corrected chi connectivity index (χ0v) is 14.8. The number of hydrogen-bond acceptors (Lipinski definition) is 4. The number of ether oxygens (including phenoxy) is 1. The number of nitrogens with zero attached hydrogens (tertiary/aromatic N) is 1. The zero-order chi connectivity index (χ0) is 19.1. The van der Waals surface area contributed by atoms with Gasteiger partial charge in [0.2, 0.25) is 0 Å². The molecule has 0 radical (unpaired) electrons. The monoisotopic (exact) mass is 358 g/mol. The summed E-state index contributed by atoms with van der Waals surface area (Å²) in [5.74, 6) is 1.33. The summed E-state index contributed by atoms with van der Waals surface area (Å²) >= 11 is 0. The van der Waals surface area contributed by atoms with Gasteiger partial charge in [-0.05, 0) is 43.3 Å². The summed E-state index contributed by atoms with van der Waals surface area (Å²) in [5, 5.41) is 12.0. The summed E-state index contributed by atoms with van der Waals surface area (Å²) in [6, 6.07) is 22.0. The summed E-state index contributed by atoms with van der Waals surface area (Å²) in [5.41, 5.74) is 1.46. The molecule has 3 aromatic rings. The van der Waals surface area contributed by atoms with E-state index in [0.717, 1.165) is 11.3 Å². The fourth-order valence-electron chi connectivity index (χ4n) is 2.48. The Kier molecular flexibility index (Phi) is 5.70. The van der Waals surface area contributed by atoms with Gasteiger partial charge in [0.05, 0.1) is 6.61 Å². The van der Waals surface area contributed by atoms with Gasteiger partial charge in [-0.25, -0.2) is 0 Å². The maximum Gasteiger partial charge on any atom is 0.266 e. The highest BCUT2D eigenvalue weighted by Gasteiger charge is 2.11. The first-order chi connectivity index (χ1) is 13.2. The number of rotatable bonds is 6. The van der Waals surface area contributed by atoms with Crippen LogP contribution in [0.1, 0.15) is 12.7 Å². The second kappa shape index (κ2) is 8.54. The molecule has 0 spiro atoms. The Morgan fingerprint density at radius 3 is 2.52 bits per heavy atom. The first-order valence-electron chi connectivity index (χ1n) is 8.51. The molecule has 0 aliphatic carbocycles. The number of amides is 1. The lowest BCUT2D eigenvalue weighted by atomic mass is 10.2. The van der Waals surface area contributed by atoms with Gasteiger partial charge in [-0.15, -0.1) is 0 Å². The van der Waals surface area contributed by atoms with E-state index in [2.05, 4.69) is 5.32 Å². The van der Waals surface area contributed by atoms with Crippen LogP contribution in [0, 0.1) is 11.3 Å². The van der Waals surface area contributed by atoms with Crippen molar-refractivity contribution in [1.82, 2.24) is 0 Å². The lowest BCUT2D eigenvalue weighted by Crippen LogP contribution is -2.13. The highest BCUT2D eigenvalue weighted by Crippen LogP contribution is 2.23. The third-order valence-electron chi connectivity index (χ3n) is 3.76. The second-order valence-electron chi connectivity index (χ2n) is 5.65. The Morgan fingerprint density at radius 2 is 1.85 bits per heavy atom. The summed E-state index contributed by atoms with van der Waals surface area (Å²) in [4.78, 5) is 12.4. The molecule has 134 valence electrons. The molecule has 27 heavy (non-hydrogen) atoms. The van der Waals surface area contributed by atoms with Crippen LogP contribution in [0.5, 0.6) is 5.75 Å². The fraction of sp³-hybridized carbons (Fsp3) is 0.0909. The number of furan rings is 1. The number of anilines is 1. The summed E-state index contributed by atoms with van der Waals surface area (Å²) in [7, 11) is 0. The Bertz CT molecular complexity index is 980. The standard InChI is InChI=1S/C22H18N2O3/c1-2-26-19-10-8-18(9-11-19)24-22(25)17(15-23)14-20-12-13-21(27-20)16-6-4-3-5-7-16/h3-14H,2H2,1H3,(H,24,25)/b17-14+. The van der Waals surface area contributed by atoms with Crippen molar-refractivity contribution < 1.29 is 13.9 Å². The van der Waals surface area contributed by atoms with Crippen molar-refractivity contribution in [2.24, 2.45) is 0 Å². The Morgan fingerprint density at radius 1 is 1.11 bits per heavy atom. The SMILES string of the molecule is CCOc1ccc(NC(=O)/C(C#N)=C/c2ccc(-c3ccccc3)o2)cc1. The van der Waals surface area contributed by atoms with Gasteiger partial charge >= 0.3 is 0 Å². The van der Waals surface area contributed by atoms with Gasteiger partial charge in [0, 0.05) is 17.3 Å². The predicted octanol–water partition coefficient (Wildman–Crippen LogP) is 4.89. The number of nitriles is 1. The first-order valence-corrected chi connectivity index (χ1v) is 8.51. The van der Waals surface area contributed by atoms with E-state index in [4.69, 9.17) is 9.15 Å². The number of carbonyl (C=O) groups excluding carboxylic acids is 1. The van der Waals surface area contributed by atoms with Crippen LogP contribution in [0.25, 0.3) is 17.4 Å². The first kappa shape index (κ1) is 18.0. The van der Waals surface area contributed by atoms with E-state index in [9.17, 15) is 10.1 Å². The van der Waals surface area contributed by atoms with Crippen LogP contribution < -0.4 is 10.1 Å². The highest BCUT2D eigenvalue weighted by atomic mass is 16.5. The molecule has 5 heteroatoms. The maximum atomic E-state index is 12.4. The third kappa shape index (κ3) is 4.65. The molecule has 5 nitrogen and oxygen atoms in total. The Balaban J connectivity index is 1.73. The van der Waals surface area contributed by atoms with Gasteiger partial charge in [0.25, 0.3) is 5.91 Å². The number of nitrogens with one attached hydrogen (secondary N) is 1. The second-order valence-corrected chi connectivity index (χ2v) is 5.65. The van der Waals surface area contributed by atoms with Crippen LogP contribution in [0.2, 0.25) is 0 Å². The van der Waals surface area contributed by atoms with E-state index < -0.39 is 5.91 Å². The average molecular weight is 358 g/mol. The fourth-order valence-corrected chi connectivity index (χ4v) is 2.48. The van der Waals surface area contributed by atoms with Gasteiger partial charge in [-0.2, -0.15) is 5.26 Å². The van der Waals surface area contributed by atoms with Crippen LogP contribution >= 0.6 is 0 Å². The van der Waals surface area contributed by atoms with Gasteiger partial charge in [-0.1, -0.05) is 30.3 Å². The summed E-state index contributed by atoms with van der Waals surface area (Å²) in [6.45, 7) is 2.47. The number of carbonyl (C=O) groups is 1. The predicted molar refractivity (Wildman–Crippen MR) is 104 cm³/mol. The minimum atomic E-state index is -0.501. The molecule has 0 atom stereocenters.